The average Bonchev–Trinajstić information content (AvgIpc) is 2.14. The summed E-state index contributed by atoms with van der Waals surface area (Å²) in [4.78, 5) is 0.0224. The third kappa shape index (κ3) is 2.42. The highest BCUT2D eigenvalue weighted by atomic mass is 32.1. The Morgan fingerprint density at radius 3 is 2.86 bits per heavy atom. The van der Waals surface area contributed by atoms with E-state index in [2.05, 4.69) is 0 Å². The average molecular weight is 213 g/mol. The van der Waals surface area contributed by atoms with Crippen molar-refractivity contribution in [2.45, 2.75) is 13.3 Å². The van der Waals surface area contributed by atoms with Crippen LogP contribution in [0, 0.1) is 5.82 Å². The topological polar surface area (TPSA) is 35.2 Å². The predicted molar refractivity (Wildman–Crippen MR) is 58.1 cm³/mol. The monoisotopic (exact) mass is 213 g/mol. The molecule has 0 amide bonds. The zero-order valence-corrected chi connectivity index (χ0v) is 8.73. The highest BCUT2D eigenvalue weighted by Crippen LogP contribution is 2.21. The normalized spacial score (nSPS) is 9.86. The summed E-state index contributed by atoms with van der Waals surface area (Å²) in [5.74, 6) is -0.0227. The van der Waals surface area contributed by atoms with Crippen molar-refractivity contribution in [3.63, 3.8) is 0 Å². The van der Waals surface area contributed by atoms with Crippen LogP contribution < -0.4 is 10.5 Å². The van der Waals surface area contributed by atoms with Gasteiger partial charge in [0.15, 0.2) is 0 Å². The number of hydrogen-bond acceptors (Lipinski definition) is 2. The molecule has 0 radical (unpaired) electrons. The van der Waals surface area contributed by atoms with Crippen LogP contribution in [0.15, 0.2) is 18.2 Å². The Morgan fingerprint density at radius 1 is 1.57 bits per heavy atom. The van der Waals surface area contributed by atoms with Crippen LogP contribution in [0.5, 0.6) is 5.75 Å². The maximum Gasteiger partial charge on any atom is 0.137 e. The number of halogens is 1. The van der Waals surface area contributed by atoms with E-state index in [4.69, 9.17) is 22.7 Å². The van der Waals surface area contributed by atoms with Crippen LogP contribution >= 0.6 is 12.2 Å². The minimum Gasteiger partial charge on any atom is -0.493 e. The van der Waals surface area contributed by atoms with Crippen molar-refractivity contribution in [1.82, 2.24) is 0 Å². The number of hydrogen-bond donors (Lipinski definition) is 1. The molecule has 0 atom stereocenters. The van der Waals surface area contributed by atoms with E-state index in [0.29, 0.717) is 12.4 Å². The van der Waals surface area contributed by atoms with E-state index in [1.165, 1.54) is 6.07 Å². The molecule has 0 heterocycles. The maximum atomic E-state index is 13.3. The van der Waals surface area contributed by atoms with Gasteiger partial charge in [-0.1, -0.05) is 25.2 Å². The molecule has 2 N–H and O–H groups in total. The lowest BCUT2D eigenvalue weighted by molar-refractivity contribution is 0.315. The Balaban J connectivity index is 3.02. The zero-order valence-electron chi connectivity index (χ0n) is 7.92. The molecule has 0 aliphatic heterocycles. The van der Waals surface area contributed by atoms with Gasteiger partial charge in [0.25, 0.3) is 0 Å². The van der Waals surface area contributed by atoms with Crippen LogP contribution in [0.25, 0.3) is 0 Å². The van der Waals surface area contributed by atoms with Crippen LogP contribution in [0.1, 0.15) is 18.9 Å². The fourth-order valence-corrected chi connectivity index (χ4v) is 1.27. The number of thiocarbonyl (C=S) groups is 1. The van der Waals surface area contributed by atoms with Gasteiger partial charge in [-0.15, -0.1) is 0 Å². The second-order valence-electron chi connectivity index (χ2n) is 2.83. The molecule has 1 aromatic carbocycles. The Morgan fingerprint density at radius 2 is 2.29 bits per heavy atom. The van der Waals surface area contributed by atoms with Gasteiger partial charge < -0.3 is 10.5 Å². The third-order valence-corrected chi connectivity index (χ3v) is 1.89. The Labute approximate surface area is 87.9 Å². The molecule has 0 fully saturated rings. The number of ether oxygens (including phenoxy) is 1. The summed E-state index contributed by atoms with van der Waals surface area (Å²) in [5.41, 5.74) is 5.59. The largest absolute Gasteiger partial charge is 0.493 e. The molecule has 2 nitrogen and oxygen atoms in total. The highest BCUT2D eigenvalue weighted by Gasteiger charge is 2.11. The molecule has 4 heteroatoms. The minimum absolute atomic E-state index is 0.0224. The second-order valence-corrected chi connectivity index (χ2v) is 3.27. The van der Waals surface area contributed by atoms with Crippen molar-refractivity contribution in [2.75, 3.05) is 6.61 Å². The minimum atomic E-state index is -0.439. The molecular weight excluding hydrogens is 201 g/mol. The van der Waals surface area contributed by atoms with Gasteiger partial charge in [0, 0.05) is 0 Å². The van der Waals surface area contributed by atoms with Crippen LogP contribution in [0.3, 0.4) is 0 Å². The lowest BCUT2D eigenvalue weighted by Gasteiger charge is -2.09. The summed E-state index contributed by atoms with van der Waals surface area (Å²) in [6, 6.07) is 4.54. The molecule has 1 aromatic rings. The predicted octanol–water partition coefficient (Wildman–Crippen LogP) is 2.25. The van der Waals surface area contributed by atoms with Gasteiger partial charge in [-0.2, -0.15) is 0 Å². The first-order chi connectivity index (χ1) is 6.66. The van der Waals surface area contributed by atoms with Crippen molar-refractivity contribution in [1.29, 1.82) is 0 Å². The molecule has 0 aromatic heterocycles. The summed E-state index contributed by atoms with van der Waals surface area (Å²) in [6.07, 6.45) is 0.854. The first kappa shape index (κ1) is 10.9. The maximum absolute atomic E-state index is 13.3. The number of nitrogens with two attached hydrogens (primary N) is 1. The summed E-state index contributed by atoms with van der Waals surface area (Å²) in [7, 11) is 0. The van der Waals surface area contributed by atoms with E-state index in [9.17, 15) is 4.39 Å². The van der Waals surface area contributed by atoms with Crippen LogP contribution in [0.4, 0.5) is 4.39 Å². The molecule has 14 heavy (non-hydrogen) atoms. The molecule has 76 valence electrons. The van der Waals surface area contributed by atoms with Gasteiger partial charge >= 0.3 is 0 Å². The van der Waals surface area contributed by atoms with E-state index >= 15 is 0 Å². The van der Waals surface area contributed by atoms with Crippen molar-refractivity contribution in [3.05, 3.63) is 29.6 Å². The molecule has 0 saturated carbocycles. The smallest absolute Gasteiger partial charge is 0.137 e. The molecule has 0 saturated heterocycles. The Hall–Kier alpha value is -1.16. The zero-order chi connectivity index (χ0) is 10.6. The lowest BCUT2D eigenvalue weighted by Crippen LogP contribution is -2.14. The number of benzene rings is 1. The van der Waals surface area contributed by atoms with Gasteiger partial charge in [0.2, 0.25) is 0 Å². The summed E-state index contributed by atoms with van der Waals surface area (Å²) < 4.78 is 18.6. The fourth-order valence-electron chi connectivity index (χ4n) is 1.08. The second kappa shape index (κ2) is 4.91. The van der Waals surface area contributed by atoms with E-state index in [-0.39, 0.29) is 10.6 Å². The Bertz CT molecular complexity index is 341. The molecule has 0 spiro atoms. The van der Waals surface area contributed by atoms with E-state index in [1.54, 1.807) is 12.1 Å². The van der Waals surface area contributed by atoms with Crippen LogP contribution in [-0.2, 0) is 0 Å². The van der Waals surface area contributed by atoms with Crippen molar-refractivity contribution in [2.24, 2.45) is 5.73 Å². The van der Waals surface area contributed by atoms with Crippen molar-refractivity contribution >= 4 is 17.2 Å². The third-order valence-electron chi connectivity index (χ3n) is 1.68. The molecule has 0 unspecified atom stereocenters. The fraction of sp³-hybridized carbons (Fsp3) is 0.300. The van der Waals surface area contributed by atoms with E-state index in [0.717, 1.165) is 6.42 Å². The van der Waals surface area contributed by atoms with Gasteiger partial charge in [-0.25, -0.2) is 4.39 Å². The van der Waals surface area contributed by atoms with Gasteiger partial charge in [0.1, 0.15) is 16.6 Å². The quantitative estimate of drug-likeness (QED) is 0.779. The summed E-state index contributed by atoms with van der Waals surface area (Å²) in [6.45, 7) is 2.50. The molecule has 0 aliphatic carbocycles. The van der Waals surface area contributed by atoms with E-state index < -0.39 is 5.82 Å². The Kier molecular flexibility index (Phi) is 3.83. The van der Waals surface area contributed by atoms with E-state index in [1.807, 2.05) is 6.92 Å². The molecule has 1 rings (SSSR count). The van der Waals surface area contributed by atoms with Crippen LogP contribution in [-0.4, -0.2) is 11.6 Å². The van der Waals surface area contributed by atoms with Crippen molar-refractivity contribution in [3.8, 4) is 5.75 Å². The van der Waals surface area contributed by atoms with Gasteiger partial charge in [-0.05, 0) is 18.6 Å². The summed E-state index contributed by atoms with van der Waals surface area (Å²) >= 11 is 4.75. The molecular formula is C10H12FNOS. The molecule has 0 aliphatic rings. The van der Waals surface area contributed by atoms with Crippen LogP contribution in [0.2, 0.25) is 0 Å². The standard InChI is InChI=1S/C10H12FNOS/c1-2-6-13-8-5-3-4-7(11)9(8)10(12)14/h3-5H,2,6H2,1H3,(H2,12,14). The van der Waals surface area contributed by atoms with Gasteiger partial charge in [-0.3, -0.25) is 0 Å². The van der Waals surface area contributed by atoms with Gasteiger partial charge in [0.05, 0.1) is 12.2 Å². The first-order valence-corrected chi connectivity index (χ1v) is 4.78. The number of rotatable bonds is 4. The first-order valence-electron chi connectivity index (χ1n) is 4.38. The SMILES string of the molecule is CCCOc1cccc(F)c1C(N)=S. The summed E-state index contributed by atoms with van der Waals surface area (Å²) in [5, 5.41) is 0. The van der Waals surface area contributed by atoms with Crippen molar-refractivity contribution < 1.29 is 9.13 Å². The highest BCUT2D eigenvalue weighted by molar-refractivity contribution is 7.80. The molecule has 0 bridgehead atoms. The lowest BCUT2D eigenvalue weighted by atomic mass is 10.2.